The van der Waals surface area contributed by atoms with E-state index in [0.29, 0.717) is 5.25 Å². The van der Waals surface area contributed by atoms with Gasteiger partial charge in [0.05, 0.1) is 0 Å². The van der Waals surface area contributed by atoms with E-state index in [-0.39, 0.29) is 0 Å². The van der Waals surface area contributed by atoms with Gasteiger partial charge in [0, 0.05) is 35.3 Å². The molecule has 0 spiro atoms. The molecule has 0 aromatic heterocycles. The second-order valence-electron chi connectivity index (χ2n) is 4.53. The highest BCUT2D eigenvalue weighted by molar-refractivity contribution is 8.00. The van der Waals surface area contributed by atoms with Gasteiger partial charge in [-0.05, 0) is 25.5 Å². The number of anilines is 1. The summed E-state index contributed by atoms with van der Waals surface area (Å²) >= 11 is 2.05. The Labute approximate surface area is 107 Å². The number of carbonyl (C=O) groups excluding carboxylic acids is 1. The molecule has 0 N–H and O–H groups in total. The predicted octanol–water partition coefficient (Wildman–Crippen LogP) is 3.14. The maximum atomic E-state index is 11.1. The van der Waals surface area contributed by atoms with Gasteiger partial charge < -0.3 is 4.90 Å². The zero-order chi connectivity index (χ0) is 12.3. The summed E-state index contributed by atoms with van der Waals surface area (Å²) in [5.74, 6) is 1.16. The molecular weight excluding hydrogens is 230 g/mol. The highest BCUT2D eigenvalue weighted by Gasteiger charge is 2.20. The molecule has 1 aliphatic heterocycles. The Kier molecular flexibility index (Phi) is 4.11. The molecule has 1 unspecified atom stereocenters. The van der Waals surface area contributed by atoms with E-state index in [2.05, 4.69) is 24.0 Å². The fraction of sp³-hybridized carbons (Fsp3) is 0.500. The fourth-order valence-corrected chi connectivity index (χ4v) is 3.42. The summed E-state index contributed by atoms with van der Waals surface area (Å²) in [5.41, 5.74) is 3.07. The molecule has 2 nitrogen and oxygen atoms in total. The van der Waals surface area contributed by atoms with E-state index in [4.69, 9.17) is 0 Å². The molecule has 0 saturated carbocycles. The van der Waals surface area contributed by atoms with Crippen LogP contribution in [0.4, 0.5) is 5.69 Å². The third-order valence-electron chi connectivity index (χ3n) is 3.24. The molecule has 0 bridgehead atoms. The Hall–Kier alpha value is -0.960. The molecule has 1 aliphatic rings. The molecule has 17 heavy (non-hydrogen) atoms. The molecular formula is C14H19NOS. The van der Waals surface area contributed by atoms with Gasteiger partial charge in [-0.2, -0.15) is 11.8 Å². The topological polar surface area (TPSA) is 20.3 Å². The molecule has 1 aromatic rings. The lowest BCUT2D eigenvalue weighted by Gasteiger charge is -2.34. The molecule has 0 radical (unpaired) electrons. The number of nitrogens with zero attached hydrogens (tertiary/aromatic N) is 1. The molecule has 1 fully saturated rings. The lowest BCUT2D eigenvalue weighted by molar-refractivity contribution is 0.112. The Morgan fingerprint density at radius 2 is 2.35 bits per heavy atom. The third kappa shape index (κ3) is 2.83. The van der Waals surface area contributed by atoms with Crippen LogP contribution in [0.15, 0.2) is 18.2 Å². The van der Waals surface area contributed by atoms with Gasteiger partial charge in [-0.3, -0.25) is 4.79 Å². The lowest BCUT2D eigenvalue weighted by atomic mass is 10.1. The van der Waals surface area contributed by atoms with Gasteiger partial charge in [-0.15, -0.1) is 0 Å². The monoisotopic (exact) mass is 249 g/mol. The van der Waals surface area contributed by atoms with Crippen LogP contribution in [0.3, 0.4) is 0 Å². The largest absolute Gasteiger partial charge is 0.369 e. The standard InChI is InChI=1S/C14H19NOS/c1-3-13-9-15(6-7-17-13)14-5-4-11(2)8-12(14)10-16/h4-5,8,10,13H,3,6-7,9H2,1-2H3. The number of hydrogen-bond donors (Lipinski definition) is 0. The van der Waals surface area contributed by atoms with Crippen molar-refractivity contribution in [2.45, 2.75) is 25.5 Å². The summed E-state index contributed by atoms with van der Waals surface area (Å²) < 4.78 is 0. The molecule has 1 aromatic carbocycles. The Morgan fingerprint density at radius 3 is 3.06 bits per heavy atom. The van der Waals surface area contributed by atoms with Gasteiger partial charge >= 0.3 is 0 Å². The van der Waals surface area contributed by atoms with Gasteiger partial charge in [0.25, 0.3) is 0 Å². The average Bonchev–Trinajstić information content (AvgIpc) is 2.38. The number of thioether (sulfide) groups is 1. The first kappa shape index (κ1) is 12.5. The van der Waals surface area contributed by atoms with Crippen LogP contribution in [0, 0.1) is 6.92 Å². The van der Waals surface area contributed by atoms with E-state index in [1.54, 1.807) is 0 Å². The third-order valence-corrected chi connectivity index (χ3v) is 4.62. The van der Waals surface area contributed by atoms with Crippen LogP contribution in [0.5, 0.6) is 0 Å². The van der Waals surface area contributed by atoms with Crippen molar-refractivity contribution in [1.82, 2.24) is 0 Å². The van der Waals surface area contributed by atoms with Crippen molar-refractivity contribution in [3.63, 3.8) is 0 Å². The molecule has 0 aliphatic carbocycles. The summed E-state index contributed by atoms with van der Waals surface area (Å²) in [6.45, 7) is 6.37. The zero-order valence-electron chi connectivity index (χ0n) is 10.5. The van der Waals surface area contributed by atoms with Crippen molar-refractivity contribution in [3.05, 3.63) is 29.3 Å². The van der Waals surface area contributed by atoms with Crippen LogP contribution in [0.1, 0.15) is 29.3 Å². The van der Waals surface area contributed by atoms with Crippen LogP contribution in [0.25, 0.3) is 0 Å². The van der Waals surface area contributed by atoms with Crippen LogP contribution in [-0.4, -0.2) is 30.4 Å². The Bertz CT molecular complexity index is 405. The first-order valence-electron chi connectivity index (χ1n) is 6.17. The highest BCUT2D eigenvalue weighted by atomic mass is 32.2. The summed E-state index contributed by atoms with van der Waals surface area (Å²) in [6.07, 6.45) is 2.18. The Balaban J connectivity index is 2.23. The molecule has 3 heteroatoms. The average molecular weight is 249 g/mol. The maximum Gasteiger partial charge on any atom is 0.152 e. The maximum absolute atomic E-state index is 11.1. The smallest absolute Gasteiger partial charge is 0.152 e. The van der Waals surface area contributed by atoms with Crippen molar-refractivity contribution in [2.75, 3.05) is 23.7 Å². The van der Waals surface area contributed by atoms with Crippen LogP contribution < -0.4 is 4.90 Å². The normalized spacial score (nSPS) is 20.4. The summed E-state index contributed by atoms with van der Waals surface area (Å²) in [7, 11) is 0. The molecule has 2 rings (SSSR count). The van der Waals surface area contributed by atoms with E-state index in [9.17, 15) is 4.79 Å². The minimum Gasteiger partial charge on any atom is -0.369 e. The van der Waals surface area contributed by atoms with Gasteiger partial charge in [-0.1, -0.05) is 18.6 Å². The predicted molar refractivity (Wildman–Crippen MR) is 75.3 cm³/mol. The second kappa shape index (κ2) is 5.58. The van der Waals surface area contributed by atoms with E-state index in [0.717, 1.165) is 41.9 Å². The first-order chi connectivity index (χ1) is 8.24. The molecule has 0 amide bonds. The van der Waals surface area contributed by atoms with Crippen molar-refractivity contribution in [2.24, 2.45) is 0 Å². The van der Waals surface area contributed by atoms with Gasteiger partial charge in [-0.25, -0.2) is 0 Å². The summed E-state index contributed by atoms with van der Waals surface area (Å²) in [5, 5.41) is 0.699. The van der Waals surface area contributed by atoms with Crippen LogP contribution >= 0.6 is 11.8 Å². The molecule has 1 saturated heterocycles. The fourth-order valence-electron chi connectivity index (χ4n) is 2.24. The zero-order valence-corrected chi connectivity index (χ0v) is 11.3. The Morgan fingerprint density at radius 1 is 1.53 bits per heavy atom. The molecule has 1 atom stereocenters. The molecule has 92 valence electrons. The van der Waals surface area contributed by atoms with E-state index in [1.807, 2.05) is 24.8 Å². The van der Waals surface area contributed by atoms with Gasteiger partial charge in [0.2, 0.25) is 0 Å². The number of aryl methyl sites for hydroxylation is 1. The van der Waals surface area contributed by atoms with Gasteiger partial charge in [0.15, 0.2) is 6.29 Å². The summed E-state index contributed by atoms with van der Waals surface area (Å²) in [4.78, 5) is 13.5. The number of rotatable bonds is 3. The van der Waals surface area contributed by atoms with Gasteiger partial charge in [0.1, 0.15) is 0 Å². The minimum absolute atomic E-state index is 0.699. The second-order valence-corrected chi connectivity index (χ2v) is 5.94. The first-order valence-corrected chi connectivity index (χ1v) is 7.22. The summed E-state index contributed by atoms with van der Waals surface area (Å²) in [6, 6.07) is 6.15. The van der Waals surface area contributed by atoms with Crippen molar-refractivity contribution in [1.29, 1.82) is 0 Å². The van der Waals surface area contributed by atoms with E-state index < -0.39 is 0 Å². The van der Waals surface area contributed by atoms with Crippen LogP contribution in [0.2, 0.25) is 0 Å². The highest BCUT2D eigenvalue weighted by Crippen LogP contribution is 2.28. The molecule has 1 heterocycles. The van der Waals surface area contributed by atoms with Crippen molar-refractivity contribution >= 4 is 23.7 Å². The van der Waals surface area contributed by atoms with E-state index >= 15 is 0 Å². The van der Waals surface area contributed by atoms with Crippen molar-refractivity contribution < 1.29 is 4.79 Å². The van der Waals surface area contributed by atoms with Crippen molar-refractivity contribution in [3.8, 4) is 0 Å². The number of carbonyl (C=O) groups is 1. The number of aldehydes is 1. The van der Waals surface area contributed by atoms with Crippen LogP contribution in [-0.2, 0) is 0 Å². The lowest BCUT2D eigenvalue weighted by Crippen LogP contribution is -2.38. The van der Waals surface area contributed by atoms with E-state index in [1.165, 1.54) is 6.42 Å². The quantitative estimate of drug-likeness (QED) is 0.768. The minimum atomic E-state index is 0.699. The number of benzene rings is 1. The number of hydrogen-bond acceptors (Lipinski definition) is 3. The SMILES string of the molecule is CCC1CN(c2ccc(C)cc2C=O)CCS1.